The van der Waals surface area contributed by atoms with Crippen molar-refractivity contribution in [2.75, 3.05) is 10.7 Å². The van der Waals surface area contributed by atoms with Gasteiger partial charge in [0.1, 0.15) is 23.3 Å². The average Bonchev–Trinajstić information content (AvgIpc) is 3.29. The minimum Gasteiger partial charge on any atom is -0.339 e. The van der Waals surface area contributed by atoms with Crippen molar-refractivity contribution < 1.29 is 4.39 Å². The largest absolute Gasteiger partial charge is 0.339 e. The number of halogens is 2. The fourth-order valence-electron chi connectivity index (χ4n) is 2.04. The summed E-state index contributed by atoms with van der Waals surface area (Å²) in [6, 6.07) is 4.46. The van der Waals surface area contributed by atoms with Gasteiger partial charge in [-0.2, -0.15) is 0 Å². The number of hydrogen-bond donors (Lipinski definition) is 3. The molecule has 0 radical (unpaired) electrons. The molecular formula is C14H15BrFN5. The van der Waals surface area contributed by atoms with E-state index < -0.39 is 0 Å². The fourth-order valence-corrected chi connectivity index (χ4v) is 2.39. The normalized spacial score (nSPS) is 14.1. The van der Waals surface area contributed by atoms with Crippen molar-refractivity contribution in [1.29, 1.82) is 0 Å². The van der Waals surface area contributed by atoms with Gasteiger partial charge in [0.25, 0.3) is 0 Å². The van der Waals surface area contributed by atoms with Gasteiger partial charge in [-0.3, -0.25) is 0 Å². The molecule has 0 bridgehead atoms. The van der Waals surface area contributed by atoms with Gasteiger partial charge in [0, 0.05) is 16.0 Å². The molecule has 0 atom stereocenters. The van der Waals surface area contributed by atoms with Crippen molar-refractivity contribution in [3.8, 4) is 0 Å². The summed E-state index contributed by atoms with van der Waals surface area (Å²) in [4.78, 5) is 8.97. The number of benzene rings is 1. The smallest absolute Gasteiger partial charge is 0.148 e. The highest BCUT2D eigenvalue weighted by molar-refractivity contribution is 9.10. The van der Waals surface area contributed by atoms with E-state index in [4.69, 9.17) is 5.84 Å². The first-order valence-electron chi connectivity index (χ1n) is 6.65. The van der Waals surface area contributed by atoms with E-state index >= 15 is 0 Å². The summed E-state index contributed by atoms with van der Waals surface area (Å²) in [6.07, 6.45) is 2.19. The molecule has 21 heavy (non-hydrogen) atoms. The van der Waals surface area contributed by atoms with Crippen molar-refractivity contribution in [2.24, 2.45) is 5.84 Å². The number of nitrogens with zero attached hydrogens (tertiary/aromatic N) is 2. The quantitative estimate of drug-likeness (QED) is 0.579. The van der Waals surface area contributed by atoms with Crippen molar-refractivity contribution in [3.63, 3.8) is 0 Å². The number of anilines is 3. The zero-order valence-corrected chi connectivity index (χ0v) is 13.0. The van der Waals surface area contributed by atoms with Gasteiger partial charge in [-0.25, -0.2) is 20.2 Å². The molecule has 2 aromatic rings. The monoisotopic (exact) mass is 351 g/mol. The zero-order valence-electron chi connectivity index (χ0n) is 11.5. The number of hydrogen-bond acceptors (Lipinski definition) is 5. The van der Waals surface area contributed by atoms with Crippen molar-refractivity contribution >= 4 is 33.3 Å². The summed E-state index contributed by atoms with van der Waals surface area (Å²) in [5, 5.41) is 3.15. The third-order valence-electron chi connectivity index (χ3n) is 3.42. The molecule has 5 nitrogen and oxygen atoms in total. The Kier molecular flexibility index (Phi) is 3.77. The maximum Gasteiger partial charge on any atom is 0.148 e. The Morgan fingerprint density at radius 3 is 2.67 bits per heavy atom. The van der Waals surface area contributed by atoms with Crippen LogP contribution < -0.4 is 16.6 Å². The molecule has 0 spiro atoms. The van der Waals surface area contributed by atoms with Crippen LogP contribution in [0.25, 0.3) is 0 Å². The van der Waals surface area contributed by atoms with Gasteiger partial charge >= 0.3 is 0 Å². The molecule has 0 aliphatic heterocycles. The predicted molar refractivity (Wildman–Crippen MR) is 83.9 cm³/mol. The summed E-state index contributed by atoms with van der Waals surface area (Å²) in [5.41, 5.74) is 4.00. The molecule has 0 unspecified atom stereocenters. The van der Waals surface area contributed by atoms with Crippen LogP contribution in [-0.4, -0.2) is 9.97 Å². The Morgan fingerprint density at radius 2 is 2.00 bits per heavy atom. The summed E-state index contributed by atoms with van der Waals surface area (Å²) >= 11 is 3.39. The summed E-state index contributed by atoms with van der Waals surface area (Å²) < 4.78 is 14.1. The van der Waals surface area contributed by atoms with E-state index in [0.29, 0.717) is 23.2 Å². The molecule has 1 heterocycles. The molecule has 110 valence electrons. The summed E-state index contributed by atoms with van der Waals surface area (Å²) in [5.74, 6) is 7.59. The fraction of sp³-hybridized carbons (Fsp3) is 0.286. The van der Waals surface area contributed by atoms with E-state index in [0.717, 1.165) is 28.7 Å². The topological polar surface area (TPSA) is 75.9 Å². The van der Waals surface area contributed by atoms with Gasteiger partial charge in [0.15, 0.2) is 0 Å². The number of nitrogens with two attached hydrogens (primary N) is 1. The Balaban J connectivity index is 2.00. The molecule has 7 heteroatoms. The molecule has 1 saturated carbocycles. The van der Waals surface area contributed by atoms with Gasteiger partial charge in [-0.1, -0.05) is 0 Å². The number of nitrogen functional groups attached to an aromatic ring is 1. The van der Waals surface area contributed by atoms with E-state index in [9.17, 15) is 4.39 Å². The van der Waals surface area contributed by atoms with E-state index in [1.54, 1.807) is 6.07 Å². The third-order valence-corrected chi connectivity index (χ3v) is 4.12. The first-order chi connectivity index (χ1) is 10.1. The number of nitrogens with one attached hydrogen (secondary N) is 2. The predicted octanol–water partition coefficient (Wildman–Crippen LogP) is 3.59. The minimum atomic E-state index is -0.313. The molecule has 3 rings (SSSR count). The molecule has 1 aliphatic rings. The van der Waals surface area contributed by atoms with Gasteiger partial charge in [0.2, 0.25) is 0 Å². The minimum absolute atomic E-state index is 0.313. The number of hydrazine groups is 1. The highest BCUT2D eigenvalue weighted by Crippen LogP contribution is 2.40. The van der Waals surface area contributed by atoms with Crippen LogP contribution in [0.1, 0.15) is 30.1 Å². The zero-order chi connectivity index (χ0) is 15.0. The number of rotatable bonds is 4. The van der Waals surface area contributed by atoms with Gasteiger partial charge in [0.05, 0.1) is 5.69 Å². The molecule has 1 aromatic heterocycles. The SMILES string of the molecule is Cc1c(NN)nc(C2CC2)nc1Nc1cc(F)ccc1Br. The lowest BCUT2D eigenvalue weighted by Crippen LogP contribution is -2.14. The molecule has 4 N–H and O–H groups in total. The third kappa shape index (κ3) is 2.98. The van der Waals surface area contributed by atoms with E-state index in [2.05, 4.69) is 36.6 Å². The van der Waals surface area contributed by atoms with Crippen molar-refractivity contribution in [2.45, 2.75) is 25.7 Å². The van der Waals surface area contributed by atoms with Crippen LogP contribution in [0.3, 0.4) is 0 Å². The van der Waals surface area contributed by atoms with E-state index in [-0.39, 0.29) is 5.82 Å². The first kappa shape index (κ1) is 14.2. The van der Waals surface area contributed by atoms with Crippen LogP contribution in [0.4, 0.5) is 21.7 Å². The molecular weight excluding hydrogens is 337 g/mol. The van der Waals surface area contributed by atoms with Gasteiger partial charge in [-0.15, -0.1) is 0 Å². The Hall–Kier alpha value is -1.73. The van der Waals surface area contributed by atoms with Crippen LogP contribution in [0.5, 0.6) is 0 Å². The number of aromatic nitrogens is 2. The second kappa shape index (κ2) is 5.57. The van der Waals surface area contributed by atoms with Gasteiger partial charge in [-0.05, 0) is 53.9 Å². The second-order valence-corrected chi connectivity index (χ2v) is 5.93. The summed E-state index contributed by atoms with van der Waals surface area (Å²) in [7, 11) is 0. The molecule has 1 aliphatic carbocycles. The Labute approximate surface area is 130 Å². The molecule has 0 amide bonds. The highest BCUT2D eigenvalue weighted by Gasteiger charge is 2.28. The first-order valence-corrected chi connectivity index (χ1v) is 7.45. The standard InChI is InChI=1S/C14H15BrFN5/c1-7-12(18-11-6-9(16)4-5-10(11)15)19-14(8-2-3-8)20-13(7)21-17/h4-6,8H,2-3,17H2,1H3,(H2,18,19,20,21). The second-order valence-electron chi connectivity index (χ2n) is 5.07. The Bertz CT molecular complexity index is 687. The van der Waals surface area contributed by atoms with E-state index in [1.807, 2.05) is 6.92 Å². The maximum absolute atomic E-state index is 13.4. The molecule has 1 aromatic carbocycles. The highest BCUT2D eigenvalue weighted by atomic mass is 79.9. The van der Waals surface area contributed by atoms with Gasteiger partial charge < -0.3 is 10.7 Å². The average molecular weight is 352 g/mol. The molecule has 1 fully saturated rings. The maximum atomic E-state index is 13.4. The lowest BCUT2D eigenvalue weighted by molar-refractivity contribution is 0.628. The van der Waals surface area contributed by atoms with Crippen LogP contribution in [0.15, 0.2) is 22.7 Å². The van der Waals surface area contributed by atoms with Crippen LogP contribution >= 0.6 is 15.9 Å². The van der Waals surface area contributed by atoms with Crippen LogP contribution in [-0.2, 0) is 0 Å². The van der Waals surface area contributed by atoms with E-state index in [1.165, 1.54) is 12.1 Å². The van der Waals surface area contributed by atoms with Crippen molar-refractivity contribution in [3.05, 3.63) is 39.9 Å². The lowest BCUT2D eigenvalue weighted by Gasteiger charge is -2.14. The Morgan fingerprint density at radius 1 is 1.29 bits per heavy atom. The van der Waals surface area contributed by atoms with Crippen molar-refractivity contribution in [1.82, 2.24) is 9.97 Å². The lowest BCUT2D eigenvalue weighted by atomic mass is 10.2. The molecule has 0 saturated heterocycles. The van der Waals surface area contributed by atoms with Crippen LogP contribution in [0.2, 0.25) is 0 Å². The van der Waals surface area contributed by atoms with Crippen LogP contribution in [0, 0.1) is 12.7 Å². The summed E-state index contributed by atoms with van der Waals surface area (Å²) in [6.45, 7) is 1.86.